The summed E-state index contributed by atoms with van der Waals surface area (Å²) < 4.78 is 1.68. The van der Waals surface area contributed by atoms with E-state index >= 15 is 0 Å². The van der Waals surface area contributed by atoms with Crippen molar-refractivity contribution in [1.29, 1.82) is 0 Å². The van der Waals surface area contributed by atoms with Gasteiger partial charge >= 0.3 is 0 Å². The van der Waals surface area contributed by atoms with Crippen molar-refractivity contribution in [1.82, 2.24) is 14.7 Å². The third-order valence-corrected chi connectivity index (χ3v) is 2.74. The largest absolute Gasteiger partial charge is 0.396 e. The smallest absolute Gasteiger partial charge is 0.0862 e. The molecule has 0 radical (unpaired) electrons. The van der Waals surface area contributed by atoms with Gasteiger partial charge in [0.2, 0.25) is 0 Å². The molecular formula is C12H24N4O. The van der Waals surface area contributed by atoms with Gasteiger partial charge in [0.05, 0.1) is 24.5 Å². The van der Waals surface area contributed by atoms with Crippen molar-refractivity contribution < 1.29 is 5.11 Å². The van der Waals surface area contributed by atoms with E-state index in [-0.39, 0.29) is 0 Å². The molecule has 0 aromatic carbocycles. The molecule has 0 fully saturated rings. The van der Waals surface area contributed by atoms with Crippen molar-refractivity contribution in [2.75, 3.05) is 18.8 Å². The number of rotatable bonds is 7. The van der Waals surface area contributed by atoms with Crippen molar-refractivity contribution in [3.05, 3.63) is 12.4 Å². The Bertz CT molecular complexity index is 324. The average Bonchev–Trinajstić information content (AvgIpc) is 2.63. The first-order valence-electron chi connectivity index (χ1n) is 6.23. The van der Waals surface area contributed by atoms with Crippen molar-refractivity contribution in [2.45, 2.75) is 45.9 Å². The summed E-state index contributed by atoms with van der Waals surface area (Å²) in [5, 5.41) is 14.1. The third kappa shape index (κ3) is 4.75. The molecule has 1 aromatic rings. The lowest BCUT2D eigenvalue weighted by Gasteiger charge is -2.28. The van der Waals surface area contributed by atoms with Crippen LogP contribution in [-0.4, -0.2) is 45.0 Å². The van der Waals surface area contributed by atoms with Gasteiger partial charge in [-0.2, -0.15) is 5.10 Å². The summed E-state index contributed by atoms with van der Waals surface area (Å²) in [6.07, 6.45) is 4.02. The first-order chi connectivity index (χ1) is 8.02. The Morgan fingerprint density at radius 2 is 2.24 bits per heavy atom. The van der Waals surface area contributed by atoms with E-state index in [0.29, 0.717) is 24.8 Å². The fraction of sp³-hybridized carbons (Fsp3) is 0.750. The van der Waals surface area contributed by atoms with Crippen LogP contribution in [-0.2, 0) is 6.54 Å². The van der Waals surface area contributed by atoms with Crippen LogP contribution in [0.5, 0.6) is 0 Å². The van der Waals surface area contributed by atoms with E-state index in [1.54, 1.807) is 17.1 Å². The number of aliphatic hydroxyl groups is 1. The van der Waals surface area contributed by atoms with Crippen LogP contribution in [0.3, 0.4) is 0 Å². The van der Waals surface area contributed by atoms with Crippen molar-refractivity contribution in [3.63, 3.8) is 0 Å². The van der Waals surface area contributed by atoms with Crippen LogP contribution >= 0.6 is 0 Å². The standard InChI is InChI=1S/C12H24N4O/c1-4-5-15(10(2)3)8-12(17)9-16-7-11(13)6-14-16/h6-7,10,12,17H,4-5,8-9,13H2,1-3H3. The van der Waals surface area contributed by atoms with Crippen LogP contribution in [0.15, 0.2) is 12.4 Å². The molecule has 0 amide bonds. The topological polar surface area (TPSA) is 67.3 Å². The number of aliphatic hydroxyl groups excluding tert-OH is 1. The predicted molar refractivity (Wildman–Crippen MR) is 69.6 cm³/mol. The van der Waals surface area contributed by atoms with Crippen LogP contribution in [0, 0.1) is 0 Å². The minimum absolute atomic E-state index is 0.414. The minimum atomic E-state index is -0.414. The molecule has 1 aromatic heterocycles. The first kappa shape index (κ1) is 14.0. The number of hydrogen-bond donors (Lipinski definition) is 2. The summed E-state index contributed by atoms with van der Waals surface area (Å²) in [6, 6.07) is 0.451. The normalized spacial score (nSPS) is 13.5. The van der Waals surface area contributed by atoms with Crippen LogP contribution in [0.1, 0.15) is 27.2 Å². The Morgan fingerprint density at radius 3 is 2.71 bits per heavy atom. The molecular weight excluding hydrogens is 216 g/mol. The van der Waals surface area contributed by atoms with Gasteiger partial charge < -0.3 is 10.8 Å². The lowest BCUT2D eigenvalue weighted by atomic mass is 10.2. The number of nitrogens with two attached hydrogens (primary N) is 1. The molecule has 0 aliphatic carbocycles. The Balaban J connectivity index is 2.44. The summed E-state index contributed by atoms with van der Waals surface area (Å²) in [5.41, 5.74) is 6.21. The molecule has 17 heavy (non-hydrogen) atoms. The van der Waals surface area contributed by atoms with Gasteiger partial charge in [-0.25, -0.2) is 0 Å². The van der Waals surface area contributed by atoms with Gasteiger partial charge in [0.25, 0.3) is 0 Å². The maximum absolute atomic E-state index is 10.0. The highest BCUT2D eigenvalue weighted by atomic mass is 16.3. The second-order valence-corrected chi connectivity index (χ2v) is 4.74. The molecule has 3 N–H and O–H groups in total. The molecule has 0 saturated carbocycles. The number of hydrogen-bond acceptors (Lipinski definition) is 4. The molecule has 0 aliphatic rings. The highest BCUT2D eigenvalue weighted by Gasteiger charge is 2.14. The second kappa shape index (κ2) is 6.61. The zero-order valence-corrected chi connectivity index (χ0v) is 11.0. The number of nitrogens with zero attached hydrogens (tertiary/aromatic N) is 3. The Labute approximate surface area is 103 Å². The molecule has 0 saturated heterocycles. The SMILES string of the molecule is CCCN(CC(O)Cn1cc(N)cn1)C(C)C. The van der Waals surface area contributed by atoms with Crippen LogP contribution in [0.4, 0.5) is 5.69 Å². The van der Waals surface area contributed by atoms with Gasteiger partial charge in [0.15, 0.2) is 0 Å². The molecule has 1 atom stereocenters. The Hall–Kier alpha value is -1.07. The molecule has 0 bridgehead atoms. The van der Waals surface area contributed by atoms with Crippen LogP contribution in [0.2, 0.25) is 0 Å². The van der Waals surface area contributed by atoms with E-state index < -0.39 is 6.10 Å². The van der Waals surface area contributed by atoms with Gasteiger partial charge in [-0.3, -0.25) is 9.58 Å². The summed E-state index contributed by atoms with van der Waals surface area (Å²) in [4.78, 5) is 2.28. The molecule has 1 heterocycles. The van der Waals surface area contributed by atoms with Gasteiger partial charge in [-0.05, 0) is 26.8 Å². The molecule has 1 rings (SSSR count). The summed E-state index contributed by atoms with van der Waals surface area (Å²) in [5.74, 6) is 0. The summed E-state index contributed by atoms with van der Waals surface area (Å²) >= 11 is 0. The lowest BCUT2D eigenvalue weighted by molar-refractivity contribution is 0.0804. The fourth-order valence-electron chi connectivity index (χ4n) is 1.87. The molecule has 0 spiro atoms. The number of aromatic nitrogens is 2. The zero-order valence-electron chi connectivity index (χ0n) is 11.0. The maximum Gasteiger partial charge on any atom is 0.0862 e. The first-order valence-corrected chi connectivity index (χ1v) is 6.23. The second-order valence-electron chi connectivity index (χ2n) is 4.74. The van der Waals surface area contributed by atoms with E-state index in [0.717, 1.165) is 13.0 Å². The average molecular weight is 240 g/mol. The molecule has 5 nitrogen and oxygen atoms in total. The maximum atomic E-state index is 10.0. The zero-order chi connectivity index (χ0) is 12.8. The van der Waals surface area contributed by atoms with Crippen molar-refractivity contribution in [2.24, 2.45) is 0 Å². The van der Waals surface area contributed by atoms with E-state index in [4.69, 9.17) is 5.73 Å². The van der Waals surface area contributed by atoms with E-state index in [9.17, 15) is 5.11 Å². The predicted octanol–water partition coefficient (Wildman–Crippen LogP) is 0.947. The van der Waals surface area contributed by atoms with Crippen LogP contribution < -0.4 is 5.73 Å². The van der Waals surface area contributed by atoms with E-state index in [2.05, 4.69) is 30.8 Å². The van der Waals surface area contributed by atoms with Gasteiger partial charge in [-0.15, -0.1) is 0 Å². The summed E-state index contributed by atoms with van der Waals surface area (Å²) in [7, 11) is 0. The van der Waals surface area contributed by atoms with E-state index in [1.165, 1.54) is 0 Å². The lowest BCUT2D eigenvalue weighted by Crippen LogP contribution is -2.39. The van der Waals surface area contributed by atoms with Crippen molar-refractivity contribution in [3.8, 4) is 0 Å². The Morgan fingerprint density at radius 1 is 1.53 bits per heavy atom. The molecule has 98 valence electrons. The molecule has 1 unspecified atom stereocenters. The van der Waals surface area contributed by atoms with Gasteiger partial charge in [0.1, 0.15) is 0 Å². The molecule has 0 aliphatic heterocycles. The quantitative estimate of drug-likeness (QED) is 0.744. The minimum Gasteiger partial charge on any atom is -0.396 e. The number of nitrogen functional groups attached to an aromatic ring is 1. The highest BCUT2D eigenvalue weighted by Crippen LogP contribution is 2.04. The highest BCUT2D eigenvalue weighted by molar-refractivity contribution is 5.30. The number of anilines is 1. The monoisotopic (exact) mass is 240 g/mol. The van der Waals surface area contributed by atoms with Crippen LogP contribution in [0.25, 0.3) is 0 Å². The third-order valence-electron chi connectivity index (χ3n) is 2.74. The molecule has 5 heteroatoms. The summed E-state index contributed by atoms with van der Waals surface area (Å²) in [6.45, 7) is 8.61. The Kier molecular flexibility index (Phi) is 5.44. The fourth-order valence-corrected chi connectivity index (χ4v) is 1.87. The van der Waals surface area contributed by atoms with E-state index in [1.807, 2.05) is 0 Å². The van der Waals surface area contributed by atoms with Gasteiger partial charge in [0, 0.05) is 18.8 Å². The van der Waals surface area contributed by atoms with Crippen molar-refractivity contribution >= 4 is 5.69 Å². The van der Waals surface area contributed by atoms with Gasteiger partial charge in [-0.1, -0.05) is 6.92 Å².